The van der Waals surface area contributed by atoms with Gasteiger partial charge in [0, 0.05) is 13.2 Å². The molecule has 0 aliphatic rings. The fraction of sp³-hybridized carbons (Fsp3) is 0.333. The van der Waals surface area contributed by atoms with Crippen molar-refractivity contribution in [2.75, 3.05) is 11.9 Å². The Hall–Kier alpha value is -2.29. The van der Waals surface area contributed by atoms with Crippen molar-refractivity contribution in [2.24, 2.45) is 0 Å². The van der Waals surface area contributed by atoms with Crippen LogP contribution in [0.5, 0.6) is 0 Å². The molecular formula is C15H16F3N3. The first kappa shape index (κ1) is 16.8. The molecule has 21 heavy (non-hydrogen) atoms. The van der Waals surface area contributed by atoms with E-state index in [9.17, 15) is 13.2 Å². The number of halogens is 3. The minimum atomic E-state index is -4.59. The Kier molecular flexibility index (Phi) is 5.14. The molecule has 0 aliphatic carbocycles. The highest BCUT2D eigenvalue weighted by atomic mass is 19.4. The third kappa shape index (κ3) is 3.63. The van der Waals surface area contributed by atoms with E-state index in [1.807, 2.05) is 19.9 Å². The summed E-state index contributed by atoms with van der Waals surface area (Å²) in [4.78, 5) is 5.54. The Morgan fingerprint density at radius 1 is 1.52 bits per heavy atom. The maximum absolute atomic E-state index is 12.9. The molecule has 0 N–H and O–H groups in total. The first-order chi connectivity index (χ1) is 9.76. The van der Waals surface area contributed by atoms with Crippen LogP contribution in [-0.4, -0.2) is 18.1 Å². The van der Waals surface area contributed by atoms with Crippen molar-refractivity contribution in [1.82, 2.24) is 4.98 Å². The van der Waals surface area contributed by atoms with Gasteiger partial charge in [-0.1, -0.05) is 18.7 Å². The van der Waals surface area contributed by atoms with Crippen molar-refractivity contribution in [1.29, 1.82) is 5.26 Å². The third-order valence-electron chi connectivity index (χ3n) is 3.31. The molecule has 1 heterocycles. The summed E-state index contributed by atoms with van der Waals surface area (Å²) in [6, 6.07) is 2.22. The smallest absolute Gasteiger partial charge is 0.353 e. The Balaban J connectivity index is 3.27. The van der Waals surface area contributed by atoms with Crippen molar-refractivity contribution < 1.29 is 13.2 Å². The van der Waals surface area contributed by atoms with Gasteiger partial charge in [-0.25, -0.2) is 4.98 Å². The average Bonchev–Trinajstić information content (AvgIpc) is 2.46. The minimum absolute atomic E-state index is 0.148. The topological polar surface area (TPSA) is 39.9 Å². The first-order valence-electron chi connectivity index (χ1n) is 6.25. The summed E-state index contributed by atoms with van der Waals surface area (Å²) < 4.78 is 38.8. The Labute approximate surface area is 122 Å². The van der Waals surface area contributed by atoms with Gasteiger partial charge in [-0.05, 0) is 25.5 Å². The average molecular weight is 295 g/mol. The quantitative estimate of drug-likeness (QED) is 0.790. The Morgan fingerprint density at radius 2 is 2.14 bits per heavy atom. The van der Waals surface area contributed by atoms with Crippen LogP contribution in [0.4, 0.5) is 19.0 Å². The molecule has 1 rings (SSSR count). The second kappa shape index (κ2) is 6.44. The largest absolute Gasteiger partial charge is 0.417 e. The summed E-state index contributed by atoms with van der Waals surface area (Å²) in [5.74, 6) is 0.148. The molecule has 0 aromatic carbocycles. The van der Waals surface area contributed by atoms with Gasteiger partial charge in [-0.15, -0.1) is 0 Å². The van der Waals surface area contributed by atoms with Gasteiger partial charge in [0.1, 0.15) is 11.9 Å². The van der Waals surface area contributed by atoms with E-state index >= 15 is 0 Å². The lowest BCUT2D eigenvalue weighted by Crippen LogP contribution is -2.31. The van der Waals surface area contributed by atoms with Crippen LogP contribution in [0.15, 0.2) is 36.6 Å². The summed E-state index contributed by atoms with van der Waals surface area (Å²) in [6.07, 6.45) is -0.155. The Morgan fingerprint density at radius 3 is 2.57 bits per heavy atom. The van der Waals surface area contributed by atoms with Gasteiger partial charge in [0.2, 0.25) is 0 Å². The third-order valence-corrected chi connectivity index (χ3v) is 3.31. The van der Waals surface area contributed by atoms with E-state index in [1.54, 1.807) is 18.0 Å². The van der Waals surface area contributed by atoms with Gasteiger partial charge in [-0.3, -0.25) is 0 Å². The molecule has 112 valence electrons. The van der Waals surface area contributed by atoms with Gasteiger partial charge >= 0.3 is 6.18 Å². The maximum atomic E-state index is 12.9. The lowest BCUT2D eigenvalue weighted by molar-refractivity contribution is -0.137. The number of aromatic nitrogens is 1. The molecule has 0 saturated heterocycles. The zero-order valence-electron chi connectivity index (χ0n) is 12.1. The zero-order chi connectivity index (χ0) is 16.2. The van der Waals surface area contributed by atoms with Crippen molar-refractivity contribution >= 4 is 5.82 Å². The van der Waals surface area contributed by atoms with Crippen molar-refractivity contribution in [2.45, 2.75) is 26.1 Å². The fourth-order valence-electron chi connectivity index (χ4n) is 1.91. The van der Waals surface area contributed by atoms with Gasteiger partial charge in [0.05, 0.1) is 17.2 Å². The second-order valence-corrected chi connectivity index (χ2v) is 4.48. The fourth-order valence-corrected chi connectivity index (χ4v) is 1.91. The molecule has 0 fully saturated rings. The molecule has 0 amide bonds. The minimum Gasteiger partial charge on any atom is -0.353 e. The summed E-state index contributed by atoms with van der Waals surface area (Å²) in [5, 5.41) is 8.76. The van der Waals surface area contributed by atoms with E-state index in [0.717, 1.165) is 17.8 Å². The standard InChI is InChI=1S/C15H16F3N3/c1-5-11(6-2)10(3)21(4)14-7-13(15(16,17)18)12(8-19)9-20-14/h5-7,9-10H,1H2,2-4H3/b11-6+. The van der Waals surface area contributed by atoms with Crippen molar-refractivity contribution in [3.63, 3.8) is 0 Å². The summed E-state index contributed by atoms with van der Waals surface area (Å²) in [7, 11) is 1.65. The highest BCUT2D eigenvalue weighted by Gasteiger charge is 2.34. The van der Waals surface area contributed by atoms with E-state index in [1.165, 1.54) is 6.07 Å². The molecule has 1 aromatic heterocycles. The SMILES string of the molecule is C=C/C(=C\C)C(C)N(C)c1cc(C(F)(F)F)c(C#N)cn1. The Bertz CT molecular complexity index is 597. The number of likely N-dealkylation sites (N-methyl/N-ethyl adjacent to an activating group) is 1. The van der Waals surface area contributed by atoms with Crippen molar-refractivity contribution in [3.05, 3.63) is 47.7 Å². The molecule has 1 atom stereocenters. The highest BCUT2D eigenvalue weighted by molar-refractivity contribution is 5.50. The van der Waals surface area contributed by atoms with Crippen LogP contribution in [0.1, 0.15) is 25.0 Å². The molecule has 0 aliphatic heterocycles. The molecule has 0 saturated carbocycles. The van der Waals surface area contributed by atoms with Gasteiger partial charge in [0.15, 0.2) is 0 Å². The van der Waals surface area contributed by atoms with Crippen LogP contribution in [-0.2, 0) is 6.18 Å². The summed E-state index contributed by atoms with van der Waals surface area (Å²) in [5.41, 5.74) is -0.589. The first-order valence-corrected chi connectivity index (χ1v) is 6.25. The van der Waals surface area contributed by atoms with Crippen LogP contribution >= 0.6 is 0 Å². The second-order valence-electron chi connectivity index (χ2n) is 4.48. The number of alkyl halides is 3. The molecule has 3 nitrogen and oxygen atoms in total. The van der Waals surface area contributed by atoms with Crippen LogP contribution in [0.3, 0.4) is 0 Å². The number of hydrogen-bond donors (Lipinski definition) is 0. The van der Waals surface area contributed by atoms with Crippen LogP contribution in [0.25, 0.3) is 0 Å². The molecule has 1 aromatic rings. The molecule has 0 spiro atoms. The molecular weight excluding hydrogens is 279 g/mol. The molecule has 0 bridgehead atoms. The summed E-state index contributed by atoms with van der Waals surface area (Å²) in [6.45, 7) is 7.34. The van der Waals surface area contributed by atoms with E-state index < -0.39 is 17.3 Å². The molecule has 6 heteroatoms. The summed E-state index contributed by atoms with van der Waals surface area (Å²) >= 11 is 0. The number of pyridine rings is 1. The number of hydrogen-bond acceptors (Lipinski definition) is 3. The maximum Gasteiger partial charge on any atom is 0.417 e. The predicted octanol–water partition coefficient (Wildman–Crippen LogP) is 3.93. The number of anilines is 1. The van der Waals surface area contributed by atoms with E-state index in [0.29, 0.717) is 0 Å². The molecule has 0 radical (unpaired) electrons. The van der Waals surface area contributed by atoms with Crippen LogP contribution in [0.2, 0.25) is 0 Å². The monoisotopic (exact) mass is 295 g/mol. The van der Waals surface area contributed by atoms with E-state index in [2.05, 4.69) is 11.6 Å². The van der Waals surface area contributed by atoms with Crippen molar-refractivity contribution in [3.8, 4) is 6.07 Å². The number of allylic oxidation sites excluding steroid dienone is 1. The predicted molar refractivity (Wildman–Crippen MR) is 75.8 cm³/mol. The van der Waals surface area contributed by atoms with E-state index in [-0.39, 0.29) is 11.9 Å². The van der Waals surface area contributed by atoms with Gasteiger partial charge in [-0.2, -0.15) is 18.4 Å². The lowest BCUT2D eigenvalue weighted by atomic mass is 10.1. The lowest BCUT2D eigenvalue weighted by Gasteiger charge is -2.27. The molecule has 1 unspecified atom stereocenters. The normalized spacial score (nSPS) is 13.5. The van der Waals surface area contributed by atoms with E-state index in [4.69, 9.17) is 5.26 Å². The van der Waals surface area contributed by atoms with Crippen LogP contribution in [0, 0.1) is 11.3 Å². The zero-order valence-corrected chi connectivity index (χ0v) is 12.1. The van der Waals surface area contributed by atoms with Crippen LogP contribution < -0.4 is 4.90 Å². The van der Waals surface area contributed by atoms with Gasteiger partial charge in [0.25, 0.3) is 0 Å². The number of nitriles is 1. The number of nitrogens with zero attached hydrogens (tertiary/aromatic N) is 3. The highest BCUT2D eigenvalue weighted by Crippen LogP contribution is 2.33. The number of rotatable bonds is 4. The van der Waals surface area contributed by atoms with Gasteiger partial charge < -0.3 is 4.90 Å².